The number of carbonyl (C=O) groups excluding carboxylic acids is 1. The molecule has 1 amide bonds. The molecule has 2 aromatic heterocycles. The van der Waals surface area contributed by atoms with Gasteiger partial charge in [-0.1, -0.05) is 10.4 Å². The number of amides is 1. The second kappa shape index (κ2) is 13.1. The number of nitrogens with zero attached hydrogens (tertiary/aromatic N) is 7. The average Bonchev–Trinajstić information content (AvgIpc) is 3.63. The fraction of sp³-hybridized carbons (Fsp3) is 0.393. The Hall–Kier alpha value is -4.55. The zero-order valence-corrected chi connectivity index (χ0v) is 25.6. The Kier molecular flexibility index (Phi) is 9.32. The first-order valence-electron chi connectivity index (χ1n) is 14.1. The number of aryl methyl sites for hydroxylation is 2. The summed E-state index contributed by atoms with van der Waals surface area (Å²) in [6.07, 6.45) is -0.459. The molecule has 1 saturated heterocycles. The lowest BCUT2D eigenvalue weighted by molar-refractivity contribution is -0.274. The van der Waals surface area contributed by atoms with Crippen molar-refractivity contribution in [2.24, 2.45) is 14.1 Å². The Morgan fingerprint density at radius 2 is 1.39 bits per heavy atom. The summed E-state index contributed by atoms with van der Waals surface area (Å²) in [4.78, 5) is 15.0. The molecule has 2 N–H and O–H groups in total. The molecular weight excluding hydrogens is 633 g/mol. The smallest absolute Gasteiger partial charge is 0.457 e. The molecule has 1 fully saturated rings. The molecule has 0 radical (unpaired) electrons. The zero-order chi connectivity index (χ0) is 33.1. The number of halogens is 3. The predicted molar refractivity (Wildman–Crippen MR) is 153 cm³/mol. The van der Waals surface area contributed by atoms with E-state index < -0.39 is 32.6 Å². The van der Waals surface area contributed by atoms with Gasteiger partial charge < -0.3 is 9.47 Å². The number of aromatic nitrogens is 6. The van der Waals surface area contributed by atoms with Crippen molar-refractivity contribution in [2.75, 3.05) is 13.1 Å². The van der Waals surface area contributed by atoms with Crippen molar-refractivity contribution in [1.29, 1.82) is 0 Å². The fourth-order valence-corrected chi connectivity index (χ4v) is 7.47. The number of sulfone groups is 1. The van der Waals surface area contributed by atoms with E-state index >= 15 is 0 Å². The van der Waals surface area contributed by atoms with Crippen molar-refractivity contribution in [1.82, 2.24) is 40.4 Å². The number of alkyl halides is 3. The Morgan fingerprint density at radius 3 is 1.83 bits per heavy atom. The van der Waals surface area contributed by atoms with Gasteiger partial charge in [-0.05, 0) is 61.4 Å². The van der Waals surface area contributed by atoms with Crippen LogP contribution in [0, 0.1) is 0 Å². The molecule has 246 valence electrons. The number of carbonyl (C=O) groups is 1. The molecule has 4 aromatic rings. The summed E-state index contributed by atoms with van der Waals surface area (Å²) in [7, 11) is -0.819. The highest BCUT2D eigenvalue weighted by molar-refractivity contribution is 7.93. The summed E-state index contributed by atoms with van der Waals surface area (Å²) in [6, 6.07) is 9.81. The topological polar surface area (TPSA) is 167 Å². The highest BCUT2D eigenvalue weighted by Crippen LogP contribution is 2.38. The summed E-state index contributed by atoms with van der Waals surface area (Å²) in [5.74, 6) is -1.07. The first-order valence-corrected chi connectivity index (χ1v) is 15.5. The summed E-state index contributed by atoms with van der Waals surface area (Å²) >= 11 is 0. The molecule has 0 spiro atoms. The van der Waals surface area contributed by atoms with E-state index in [1.807, 2.05) is 0 Å². The van der Waals surface area contributed by atoms with E-state index in [1.54, 1.807) is 41.3 Å². The summed E-state index contributed by atoms with van der Waals surface area (Å²) in [6.45, 7) is 0.431. The lowest BCUT2D eigenvalue weighted by Crippen LogP contribution is -2.59. The van der Waals surface area contributed by atoms with Gasteiger partial charge in [0.15, 0.2) is 14.6 Å². The summed E-state index contributed by atoms with van der Waals surface area (Å²) in [5.41, 5.74) is 3.03. The number of hydroxylamine groups is 1. The largest absolute Gasteiger partial charge is 0.573 e. The van der Waals surface area contributed by atoms with Crippen molar-refractivity contribution in [2.45, 2.75) is 47.7 Å². The van der Waals surface area contributed by atoms with Gasteiger partial charge in [-0.25, -0.2) is 13.9 Å². The van der Waals surface area contributed by atoms with E-state index in [-0.39, 0.29) is 48.4 Å². The highest BCUT2D eigenvalue weighted by Gasteiger charge is 2.53. The van der Waals surface area contributed by atoms with Gasteiger partial charge in [-0.2, -0.15) is 0 Å². The molecule has 1 aliphatic rings. The number of hydrogen-bond acceptors (Lipinski definition) is 11. The SMILES string of the molecule is Cn1cc(CC(Cc2cn(C)nn2)N2CCC(C(=O)NO)(S(=O)(=O)c3ccc(Oc4ccc(OC(F)(F)F)cc4)cc3)CC2)nn1. The molecular formula is C28H31F3N8O6S. The molecule has 3 heterocycles. The third-order valence-electron chi connectivity index (χ3n) is 7.77. The van der Waals surface area contributed by atoms with Gasteiger partial charge in [-0.15, -0.1) is 23.4 Å². The van der Waals surface area contributed by atoms with Crippen molar-refractivity contribution in [3.05, 3.63) is 72.3 Å². The molecule has 2 aromatic carbocycles. The van der Waals surface area contributed by atoms with Gasteiger partial charge in [0.25, 0.3) is 5.91 Å². The van der Waals surface area contributed by atoms with Crippen LogP contribution in [-0.2, 0) is 41.6 Å². The van der Waals surface area contributed by atoms with Crippen LogP contribution in [0.2, 0.25) is 0 Å². The van der Waals surface area contributed by atoms with Crippen LogP contribution >= 0.6 is 0 Å². The first-order chi connectivity index (χ1) is 21.8. The predicted octanol–water partition coefficient (Wildman–Crippen LogP) is 2.60. The number of likely N-dealkylation sites (tertiary alicyclic amines) is 1. The molecule has 0 unspecified atom stereocenters. The van der Waals surface area contributed by atoms with Gasteiger partial charge in [0, 0.05) is 58.5 Å². The van der Waals surface area contributed by atoms with Crippen LogP contribution in [0.5, 0.6) is 17.2 Å². The second-order valence-corrected chi connectivity index (χ2v) is 13.2. The van der Waals surface area contributed by atoms with E-state index in [4.69, 9.17) is 4.74 Å². The second-order valence-electron chi connectivity index (χ2n) is 10.9. The monoisotopic (exact) mass is 664 g/mol. The van der Waals surface area contributed by atoms with Gasteiger partial charge in [-0.3, -0.25) is 24.3 Å². The Balaban J connectivity index is 1.32. The van der Waals surface area contributed by atoms with Crippen molar-refractivity contribution >= 4 is 15.7 Å². The molecule has 0 atom stereocenters. The number of hydrogen-bond donors (Lipinski definition) is 2. The van der Waals surface area contributed by atoms with Crippen LogP contribution < -0.4 is 15.0 Å². The Morgan fingerprint density at radius 1 is 0.913 bits per heavy atom. The normalized spacial score (nSPS) is 15.5. The number of rotatable bonds is 11. The lowest BCUT2D eigenvalue weighted by Gasteiger charge is -2.42. The average molecular weight is 665 g/mol. The van der Waals surface area contributed by atoms with E-state index in [0.717, 1.165) is 23.5 Å². The molecule has 46 heavy (non-hydrogen) atoms. The summed E-state index contributed by atoms with van der Waals surface area (Å²) < 4.78 is 76.0. The molecule has 1 aliphatic heterocycles. The zero-order valence-electron chi connectivity index (χ0n) is 24.8. The minimum atomic E-state index is -4.83. The molecule has 18 heteroatoms. The third kappa shape index (κ3) is 7.29. The van der Waals surface area contributed by atoms with Gasteiger partial charge >= 0.3 is 6.36 Å². The maximum Gasteiger partial charge on any atom is 0.573 e. The van der Waals surface area contributed by atoms with Crippen LogP contribution in [0.1, 0.15) is 24.2 Å². The first kappa shape index (κ1) is 32.8. The van der Waals surface area contributed by atoms with Crippen LogP contribution in [0.4, 0.5) is 13.2 Å². The van der Waals surface area contributed by atoms with Crippen LogP contribution in [0.15, 0.2) is 65.8 Å². The molecule has 5 rings (SSSR count). The van der Waals surface area contributed by atoms with Crippen molar-refractivity contribution < 1.29 is 41.1 Å². The van der Waals surface area contributed by atoms with Crippen molar-refractivity contribution in [3.63, 3.8) is 0 Å². The number of ether oxygens (including phenoxy) is 2. The van der Waals surface area contributed by atoms with Crippen LogP contribution in [0.25, 0.3) is 0 Å². The highest BCUT2D eigenvalue weighted by atomic mass is 32.2. The maximum absolute atomic E-state index is 14.0. The van der Waals surface area contributed by atoms with Gasteiger partial charge in [0.2, 0.25) is 0 Å². The summed E-state index contributed by atoms with van der Waals surface area (Å²) in [5, 5.41) is 26.0. The molecule has 14 nitrogen and oxygen atoms in total. The lowest BCUT2D eigenvalue weighted by atomic mass is 9.92. The number of piperidine rings is 1. The standard InChI is InChI=1S/C28H31F3N8O6S/c1-37-17-19(32-35-37)15-21(16-20-18-38(2)36-33-20)39-13-11-27(12-14-39,26(40)34-41)46(42,43)25-9-7-23(8-10-25)44-22-3-5-24(6-4-22)45-28(29,30)31/h3-10,17-18,21,41H,11-16H2,1-2H3,(H,34,40). The van der Waals surface area contributed by atoms with E-state index in [1.165, 1.54) is 36.4 Å². The van der Waals surface area contributed by atoms with Crippen LogP contribution in [0.3, 0.4) is 0 Å². The van der Waals surface area contributed by atoms with Gasteiger partial charge in [0.1, 0.15) is 17.2 Å². The molecule has 0 bridgehead atoms. The number of benzene rings is 2. The minimum Gasteiger partial charge on any atom is -0.457 e. The fourth-order valence-electron chi connectivity index (χ4n) is 5.52. The van der Waals surface area contributed by atoms with E-state index in [0.29, 0.717) is 12.8 Å². The third-order valence-corrected chi connectivity index (χ3v) is 10.3. The van der Waals surface area contributed by atoms with Crippen molar-refractivity contribution in [3.8, 4) is 17.2 Å². The number of nitrogens with one attached hydrogen (secondary N) is 1. The minimum absolute atomic E-state index is 0.107. The van der Waals surface area contributed by atoms with E-state index in [9.17, 15) is 31.6 Å². The molecule has 0 saturated carbocycles. The maximum atomic E-state index is 14.0. The Labute approximate surface area is 261 Å². The quantitative estimate of drug-likeness (QED) is 0.179. The Bertz CT molecular complexity index is 1710. The van der Waals surface area contributed by atoms with E-state index in [2.05, 4.69) is 30.3 Å². The molecule has 0 aliphatic carbocycles. The van der Waals surface area contributed by atoms with Gasteiger partial charge in [0.05, 0.1) is 16.3 Å². The van der Waals surface area contributed by atoms with Crippen LogP contribution in [-0.4, -0.2) is 84.7 Å².